The van der Waals surface area contributed by atoms with Crippen LogP contribution in [0.2, 0.25) is 0 Å². The van der Waals surface area contributed by atoms with Gasteiger partial charge in [-0.2, -0.15) is 0 Å². The molecule has 0 aliphatic carbocycles. The number of ether oxygens (including phenoxy) is 1. The fourth-order valence-electron chi connectivity index (χ4n) is 2.44. The number of benzene rings is 2. The summed E-state index contributed by atoms with van der Waals surface area (Å²) in [5.74, 6) is 0. The van der Waals surface area contributed by atoms with Crippen LogP contribution in [0, 0.1) is 0 Å². The van der Waals surface area contributed by atoms with Crippen molar-refractivity contribution in [3.05, 3.63) is 65.7 Å². The molecule has 0 spiro atoms. The molecular weight excluding hydrogens is 382 g/mol. The molecule has 0 aliphatic rings. The molecule has 0 radical (unpaired) electrons. The van der Waals surface area contributed by atoms with E-state index in [4.69, 9.17) is 4.74 Å². The number of sulfone groups is 1. The second-order valence-electron chi connectivity index (χ2n) is 6.62. The molecule has 7 nitrogen and oxygen atoms in total. The zero-order valence-corrected chi connectivity index (χ0v) is 16.6. The largest absolute Gasteiger partial charge is 0.445 e. The molecule has 8 heteroatoms. The van der Waals surface area contributed by atoms with Gasteiger partial charge in [0.1, 0.15) is 18.8 Å². The van der Waals surface area contributed by atoms with Crippen molar-refractivity contribution in [1.29, 1.82) is 0 Å². The number of carbonyl (C=O) groups is 1. The molecule has 152 valence electrons. The molecule has 28 heavy (non-hydrogen) atoms. The standard InChI is InChI=1S/C20H25NO6S/c1-14(2)28(25,26)17-10-6-9-16(11-17)19(23)18(22)12-21-20(24)27-13-15-7-4-3-5-8-15/h3-11,14,18-19,22-23H,12-13H2,1-2H3,(H,21,24). The molecule has 2 aromatic rings. The molecule has 0 aromatic heterocycles. The quantitative estimate of drug-likeness (QED) is 0.618. The lowest BCUT2D eigenvalue weighted by Crippen LogP contribution is -2.35. The van der Waals surface area contributed by atoms with Gasteiger partial charge in [-0.1, -0.05) is 42.5 Å². The Hall–Kier alpha value is -2.42. The van der Waals surface area contributed by atoms with Crippen LogP contribution in [0.25, 0.3) is 0 Å². The van der Waals surface area contributed by atoms with Crippen molar-refractivity contribution in [2.24, 2.45) is 0 Å². The Kier molecular flexibility index (Phi) is 7.56. The molecule has 2 atom stereocenters. The minimum atomic E-state index is -3.50. The minimum Gasteiger partial charge on any atom is -0.445 e. The second-order valence-corrected chi connectivity index (χ2v) is 9.13. The van der Waals surface area contributed by atoms with Crippen molar-refractivity contribution >= 4 is 15.9 Å². The SMILES string of the molecule is CC(C)S(=O)(=O)c1cccc(C(O)C(O)CNC(=O)OCc2ccccc2)c1. The van der Waals surface area contributed by atoms with Gasteiger partial charge < -0.3 is 20.3 Å². The zero-order valence-electron chi connectivity index (χ0n) is 15.8. The Morgan fingerprint density at radius 3 is 2.39 bits per heavy atom. The van der Waals surface area contributed by atoms with Crippen molar-refractivity contribution < 1.29 is 28.2 Å². The number of alkyl carbamates (subject to hydrolysis) is 1. The zero-order chi connectivity index (χ0) is 20.7. The number of rotatable bonds is 8. The number of aliphatic hydroxyl groups excluding tert-OH is 2. The number of nitrogens with one attached hydrogen (secondary N) is 1. The summed E-state index contributed by atoms with van der Waals surface area (Å²) in [4.78, 5) is 11.8. The second kappa shape index (κ2) is 9.68. The lowest BCUT2D eigenvalue weighted by molar-refractivity contribution is 0.0183. The first kappa shape index (κ1) is 21.9. The van der Waals surface area contributed by atoms with E-state index >= 15 is 0 Å². The molecular formula is C20H25NO6S. The molecule has 3 N–H and O–H groups in total. The van der Waals surface area contributed by atoms with Gasteiger partial charge in [0.05, 0.1) is 10.1 Å². The highest BCUT2D eigenvalue weighted by Crippen LogP contribution is 2.22. The van der Waals surface area contributed by atoms with Crippen molar-refractivity contribution in [2.45, 2.75) is 42.8 Å². The predicted molar refractivity (Wildman–Crippen MR) is 104 cm³/mol. The van der Waals surface area contributed by atoms with Crippen LogP contribution in [0.5, 0.6) is 0 Å². The Labute approximate surface area is 164 Å². The number of aliphatic hydroxyl groups is 2. The van der Waals surface area contributed by atoms with Crippen LogP contribution in [0.3, 0.4) is 0 Å². The lowest BCUT2D eigenvalue weighted by atomic mass is 10.0. The number of hydrogen-bond donors (Lipinski definition) is 3. The van der Waals surface area contributed by atoms with E-state index in [9.17, 15) is 23.4 Å². The minimum absolute atomic E-state index is 0.0708. The molecule has 2 unspecified atom stereocenters. The number of carbonyl (C=O) groups excluding carboxylic acids is 1. The summed E-state index contributed by atoms with van der Waals surface area (Å²) in [7, 11) is -3.50. The maximum Gasteiger partial charge on any atom is 0.407 e. The molecule has 0 saturated carbocycles. The first-order valence-electron chi connectivity index (χ1n) is 8.86. The maximum atomic E-state index is 12.3. The maximum absolute atomic E-state index is 12.3. The van der Waals surface area contributed by atoms with Crippen LogP contribution < -0.4 is 5.32 Å². The highest BCUT2D eigenvalue weighted by atomic mass is 32.2. The molecule has 0 saturated heterocycles. The smallest absolute Gasteiger partial charge is 0.407 e. The van der Waals surface area contributed by atoms with E-state index in [2.05, 4.69) is 5.32 Å². The number of amides is 1. The van der Waals surface area contributed by atoms with E-state index < -0.39 is 33.4 Å². The van der Waals surface area contributed by atoms with E-state index in [1.165, 1.54) is 24.3 Å². The van der Waals surface area contributed by atoms with Crippen LogP contribution in [0.1, 0.15) is 31.1 Å². The Bertz CT molecular complexity index is 883. The van der Waals surface area contributed by atoms with Gasteiger partial charge in [0.25, 0.3) is 0 Å². The predicted octanol–water partition coefficient (Wildman–Crippen LogP) is 2.19. The first-order chi connectivity index (χ1) is 13.2. The highest BCUT2D eigenvalue weighted by molar-refractivity contribution is 7.92. The third kappa shape index (κ3) is 5.79. The molecule has 1 amide bonds. The molecule has 0 heterocycles. The van der Waals surface area contributed by atoms with E-state index in [1.807, 2.05) is 30.3 Å². The van der Waals surface area contributed by atoms with Crippen molar-refractivity contribution in [3.63, 3.8) is 0 Å². The molecule has 2 rings (SSSR count). The monoisotopic (exact) mass is 407 g/mol. The summed E-state index contributed by atoms with van der Waals surface area (Å²) in [5.41, 5.74) is 1.06. The molecule has 2 aromatic carbocycles. The third-order valence-corrected chi connectivity index (χ3v) is 6.33. The fraction of sp³-hybridized carbons (Fsp3) is 0.350. The van der Waals surface area contributed by atoms with E-state index in [1.54, 1.807) is 13.8 Å². The van der Waals surface area contributed by atoms with Crippen LogP contribution in [0.4, 0.5) is 4.79 Å². The Morgan fingerprint density at radius 2 is 1.75 bits per heavy atom. The first-order valence-corrected chi connectivity index (χ1v) is 10.4. The lowest BCUT2D eigenvalue weighted by Gasteiger charge is -2.19. The summed E-state index contributed by atoms with van der Waals surface area (Å²) < 4.78 is 29.6. The van der Waals surface area contributed by atoms with Crippen molar-refractivity contribution in [3.8, 4) is 0 Å². The third-order valence-electron chi connectivity index (χ3n) is 4.18. The summed E-state index contributed by atoms with van der Waals surface area (Å²) in [6, 6.07) is 14.9. The normalized spacial score (nSPS) is 13.8. The van der Waals surface area contributed by atoms with Crippen LogP contribution in [-0.4, -0.2) is 42.6 Å². The number of hydrogen-bond acceptors (Lipinski definition) is 6. The van der Waals surface area contributed by atoms with E-state index in [-0.39, 0.29) is 23.6 Å². The highest BCUT2D eigenvalue weighted by Gasteiger charge is 2.23. The van der Waals surface area contributed by atoms with Gasteiger partial charge in [-0.25, -0.2) is 13.2 Å². The van der Waals surface area contributed by atoms with Crippen LogP contribution in [-0.2, 0) is 21.2 Å². The van der Waals surface area contributed by atoms with Gasteiger partial charge in [0, 0.05) is 6.54 Å². The van der Waals surface area contributed by atoms with E-state index in [0.717, 1.165) is 5.56 Å². The Morgan fingerprint density at radius 1 is 1.07 bits per heavy atom. The summed E-state index contributed by atoms with van der Waals surface area (Å²) in [6.45, 7) is 2.97. The average molecular weight is 407 g/mol. The van der Waals surface area contributed by atoms with Crippen LogP contribution >= 0.6 is 0 Å². The van der Waals surface area contributed by atoms with Crippen LogP contribution in [0.15, 0.2) is 59.5 Å². The summed E-state index contributed by atoms with van der Waals surface area (Å²) >= 11 is 0. The summed E-state index contributed by atoms with van der Waals surface area (Å²) in [6.07, 6.45) is -3.43. The molecule has 0 bridgehead atoms. The van der Waals surface area contributed by atoms with Crippen molar-refractivity contribution in [2.75, 3.05) is 6.54 Å². The van der Waals surface area contributed by atoms with E-state index in [0.29, 0.717) is 0 Å². The van der Waals surface area contributed by atoms with Gasteiger partial charge in [-0.3, -0.25) is 0 Å². The molecule has 0 fully saturated rings. The van der Waals surface area contributed by atoms with Crippen molar-refractivity contribution in [1.82, 2.24) is 5.32 Å². The fourth-order valence-corrected chi connectivity index (χ4v) is 3.56. The van der Waals surface area contributed by atoms with Gasteiger partial charge in [-0.05, 0) is 37.1 Å². The summed E-state index contributed by atoms with van der Waals surface area (Å²) in [5, 5.41) is 22.2. The van der Waals surface area contributed by atoms with Gasteiger partial charge in [0.2, 0.25) is 0 Å². The van der Waals surface area contributed by atoms with Gasteiger partial charge in [-0.15, -0.1) is 0 Å². The molecule has 0 aliphatic heterocycles. The van der Waals surface area contributed by atoms with Gasteiger partial charge >= 0.3 is 6.09 Å². The Balaban J connectivity index is 1.92. The topological polar surface area (TPSA) is 113 Å². The van der Waals surface area contributed by atoms with Gasteiger partial charge in [0.15, 0.2) is 9.84 Å². The average Bonchev–Trinajstić information content (AvgIpc) is 2.70.